The summed E-state index contributed by atoms with van der Waals surface area (Å²) >= 11 is 0. The van der Waals surface area contributed by atoms with Gasteiger partial charge in [-0.1, -0.05) is 18.7 Å². The highest BCUT2D eigenvalue weighted by Crippen LogP contribution is 2.40. The van der Waals surface area contributed by atoms with E-state index in [1.165, 1.54) is 36.7 Å². The Bertz CT molecular complexity index is 1690. The number of anilines is 6. The molecule has 4 heterocycles. The molecule has 7 rings (SSSR count). The van der Waals surface area contributed by atoms with Crippen molar-refractivity contribution in [2.24, 2.45) is 0 Å². The first kappa shape index (κ1) is 35.0. The van der Waals surface area contributed by atoms with Crippen molar-refractivity contribution >= 4 is 40.3 Å². The van der Waals surface area contributed by atoms with Crippen LogP contribution in [-0.2, 0) is 16.1 Å². The number of aromatic nitrogens is 2. The van der Waals surface area contributed by atoms with Crippen molar-refractivity contribution in [1.82, 2.24) is 19.8 Å². The molecule has 2 aromatic carbocycles. The SMILES string of the molecule is C=CC(=O)Nc1cc(Nc2cc(N3OCCC3Cc3cccc(N(C)C)c3)ncn2)c(OC)cc1N1CCC(N2CCN(C3CC3)C(C)C2)CC1. The first-order chi connectivity index (χ1) is 24.8. The fraction of sp³-hybridized carbons (Fsp3) is 0.513. The Morgan fingerprint density at radius 3 is 2.57 bits per heavy atom. The number of carbonyl (C=O) groups is 1. The van der Waals surface area contributed by atoms with E-state index in [0.717, 1.165) is 63.6 Å². The number of hydroxylamine groups is 1. The first-order valence-electron chi connectivity index (χ1n) is 18.5. The molecule has 4 fully saturated rings. The Kier molecular flexibility index (Phi) is 10.6. The molecule has 0 bridgehead atoms. The number of amides is 1. The van der Waals surface area contributed by atoms with Crippen molar-refractivity contribution in [3.05, 3.63) is 67.0 Å². The zero-order valence-corrected chi connectivity index (χ0v) is 30.6. The quantitative estimate of drug-likeness (QED) is 0.241. The number of hydrogen-bond acceptors (Lipinski definition) is 11. The van der Waals surface area contributed by atoms with Crippen LogP contribution in [0.25, 0.3) is 0 Å². The average Bonchev–Trinajstić information content (AvgIpc) is 3.89. The van der Waals surface area contributed by atoms with Gasteiger partial charge in [0.2, 0.25) is 5.91 Å². The minimum atomic E-state index is -0.262. The molecule has 0 radical (unpaired) electrons. The average molecular weight is 696 g/mol. The van der Waals surface area contributed by atoms with Crippen molar-refractivity contribution in [3.8, 4) is 5.75 Å². The van der Waals surface area contributed by atoms with E-state index in [4.69, 9.17) is 9.57 Å². The Morgan fingerprint density at radius 2 is 1.84 bits per heavy atom. The predicted molar refractivity (Wildman–Crippen MR) is 204 cm³/mol. The molecule has 2 N–H and O–H groups in total. The van der Waals surface area contributed by atoms with Crippen LogP contribution in [0.5, 0.6) is 5.75 Å². The largest absolute Gasteiger partial charge is 0.494 e. The highest BCUT2D eigenvalue weighted by atomic mass is 16.7. The topological polar surface area (TPSA) is 102 Å². The Labute approximate surface area is 302 Å². The number of hydrogen-bond donors (Lipinski definition) is 2. The van der Waals surface area contributed by atoms with Crippen molar-refractivity contribution < 1.29 is 14.4 Å². The van der Waals surface area contributed by atoms with Crippen molar-refractivity contribution in [1.29, 1.82) is 0 Å². The molecule has 0 spiro atoms. The third-order valence-corrected chi connectivity index (χ3v) is 10.9. The van der Waals surface area contributed by atoms with Crippen LogP contribution in [-0.4, -0.2) is 110 Å². The fourth-order valence-electron chi connectivity index (χ4n) is 7.99. The highest BCUT2D eigenvalue weighted by Gasteiger charge is 2.37. The molecule has 1 amide bonds. The number of carbonyl (C=O) groups excluding carboxylic acids is 1. The van der Waals surface area contributed by atoms with E-state index >= 15 is 0 Å². The first-order valence-corrected chi connectivity index (χ1v) is 18.5. The second-order valence-corrected chi connectivity index (χ2v) is 14.6. The van der Waals surface area contributed by atoms with Gasteiger partial charge in [-0.15, -0.1) is 0 Å². The molecule has 2 atom stereocenters. The van der Waals surface area contributed by atoms with Crippen LogP contribution < -0.4 is 30.2 Å². The van der Waals surface area contributed by atoms with E-state index in [-0.39, 0.29) is 11.9 Å². The molecule has 4 aliphatic rings. The van der Waals surface area contributed by atoms with Gasteiger partial charge in [-0.2, -0.15) is 0 Å². The highest BCUT2D eigenvalue weighted by molar-refractivity contribution is 6.02. The third kappa shape index (κ3) is 8.08. The molecule has 12 nitrogen and oxygen atoms in total. The van der Waals surface area contributed by atoms with Gasteiger partial charge < -0.3 is 25.2 Å². The summed E-state index contributed by atoms with van der Waals surface area (Å²) in [5.41, 5.74) is 4.74. The summed E-state index contributed by atoms with van der Waals surface area (Å²) in [4.78, 5) is 37.8. The monoisotopic (exact) mass is 695 g/mol. The lowest BCUT2D eigenvalue weighted by Gasteiger charge is -2.46. The van der Waals surface area contributed by atoms with Crippen LogP contribution in [0.3, 0.4) is 0 Å². The number of methoxy groups -OCH3 is 1. The maximum Gasteiger partial charge on any atom is 0.247 e. The molecule has 12 heteroatoms. The Hall–Kier alpha value is -4.39. The zero-order chi connectivity index (χ0) is 35.5. The van der Waals surface area contributed by atoms with Crippen LogP contribution in [0.2, 0.25) is 0 Å². The lowest BCUT2D eigenvalue weighted by molar-refractivity contribution is -0.111. The second-order valence-electron chi connectivity index (χ2n) is 14.6. The maximum atomic E-state index is 12.7. The fourth-order valence-corrected chi connectivity index (χ4v) is 7.99. The number of nitrogens with zero attached hydrogens (tertiary/aromatic N) is 7. The van der Waals surface area contributed by atoms with Crippen molar-refractivity contribution in [3.63, 3.8) is 0 Å². The molecule has 272 valence electrons. The number of piperidine rings is 1. The number of benzene rings is 2. The Morgan fingerprint density at radius 1 is 1.02 bits per heavy atom. The van der Waals surface area contributed by atoms with Crippen LogP contribution in [0.15, 0.2) is 61.4 Å². The van der Waals surface area contributed by atoms with E-state index in [1.54, 1.807) is 13.4 Å². The molecular weight excluding hydrogens is 642 g/mol. The molecule has 51 heavy (non-hydrogen) atoms. The molecule has 2 unspecified atom stereocenters. The van der Waals surface area contributed by atoms with Gasteiger partial charge >= 0.3 is 0 Å². The van der Waals surface area contributed by atoms with Gasteiger partial charge in [0.25, 0.3) is 0 Å². The van der Waals surface area contributed by atoms with Gasteiger partial charge in [-0.05, 0) is 75.3 Å². The van der Waals surface area contributed by atoms with E-state index in [2.05, 4.69) is 92.1 Å². The van der Waals surface area contributed by atoms with Crippen LogP contribution in [0, 0.1) is 0 Å². The van der Waals surface area contributed by atoms with E-state index in [9.17, 15) is 4.79 Å². The van der Waals surface area contributed by atoms with E-state index in [0.29, 0.717) is 47.5 Å². The molecule has 3 aromatic rings. The Balaban J connectivity index is 1.06. The normalized spacial score (nSPS) is 21.8. The third-order valence-electron chi connectivity index (χ3n) is 10.9. The molecule has 3 aliphatic heterocycles. The summed E-state index contributed by atoms with van der Waals surface area (Å²) in [6, 6.07) is 16.6. The van der Waals surface area contributed by atoms with Gasteiger partial charge in [0.05, 0.1) is 36.8 Å². The summed E-state index contributed by atoms with van der Waals surface area (Å²) in [6.07, 6.45) is 9.48. The van der Waals surface area contributed by atoms with Crippen LogP contribution in [0.4, 0.5) is 34.4 Å². The summed E-state index contributed by atoms with van der Waals surface area (Å²) < 4.78 is 5.92. The number of rotatable bonds is 12. The van der Waals surface area contributed by atoms with Gasteiger partial charge in [0, 0.05) is 82.8 Å². The van der Waals surface area contributed by atoms with Crippen molar-refractivity contribution in [2.75, 3.05) is 86.0 Å². The van der Waals surface area contributed by atoms with Gasteiger partial charge in [-0.3, -0.25) is 19.4 Å². The molecule has 1 saturated carbocycles. The lowest BCUT2D eigenvalue weighted by atomic mass is 9.99. The molecule has 1 aliphatic carbocycles. The molecular formula is C39H53N9O3. The summed E-state index contributed by atoms with van der Waals surface area (Å²) in [5, 5.41) is 8.40. The standard InChI is InChI=1S/C39H53N9O3/c1-6-39(49)43-33-22-34(36(50-5)23-35(33)45-15-12-29(13-16-45)46-17-18-47(27(2)25-46)30-10-11-30)42-37-24-38(41-26-40-37)48-32(14-19-51-48)21-28-8-7-9-31(20-28)44(3)4/h6-9,20,22-24,26-27,29-30,32H,1,10-19,21,25H2,2-5H3,(H,43,49)(H,40,41,42). The summed E-state index contributed by atoms with van der Waals surface area (Å²) in [7, 11) is 5.78. The number of piperazine rings is 1. The van der Waals surface area contributed by atoms with E-state index in [1.807, 2.05) is 23.3 Å². The maximum absolute atomic E-state index is 12.7. The molecule has 3 saturated heterocycles. The predicted octanol–water partition coefficient (Wildman–Crippen LogP) is 5.31. The second kappa shape index (κ2) is 15.5. The zero-order valence-electron chi connectivity index (χ0n) is 30.6. The minimum absolute atomic E-state index is 0.139. The van der Waals surface area contributed by atoms with Crippen LogP contribution in [0.1, 0.15) is 44.6 Å². The molecule has 1 aromatic heterocycles. The summed E-state index contributed by atoms with van der Waals surface area (Å²) in [5.74, 6) is 1.67. The minimum Gasteiger partial charge on any atom is -0.494 e. The van der Waals surface area contributed by atoms with Crippen molar-refractivity contribution in [2.45, 2.75) is 69.6 Å². The summed E-state index contributed by atoms with van der Waals surface area (Å²) in [6.45, 7) is 12.0. The lowest BCUT2D eigenvalue weighted by Crippen LogP contribution is -2.57. The van der Waals surface area contributed by atoms with Gasteiger partial charge in [0.1, 0.15) is 17.9 Å². The number of nitrogens with one attached hydrogen (secondary N) is 2. The number of ether oxygens (including phenoxy) is 1. The van der Waals surface area contributed by atoms with E-state index < -0.39 is 0 Å². The van der Waals surface area contributed by atoms with Gasteiger partial charge in [-0.25, -0.2) is 15.0 Å². The van der Waals surface area contributed by atoms with Gasteiger partial charge in [0.15, 0.2) is 5.82 Å². The van der Waals surface area contributed by atoms with Crippen LogP contribution >= 0.6 is 0 Å². The smallest absolute Gasteiger partial charge is 0.247 e.